The second-order valence-electron chi connectivity index (χ2n) is 2.60. The zero-order valence-electron chi connectivity index (χ0n) is 6.97. The minimum Gasteiger partial charge on any atom is -0.392 e. The number of aliphatic hydroxyl groups excluding tert-OH is 1. The molecule has 66 valence electrons. The highest BCUT2D eigenvalue weighted by atomic mass is 35.5. The summed E-state index contributed by atoms with van der Waals surface area (Å²) in [7, 11) is 1.87. The fraction of sp³-hybridized carbons (Fsp3) is 0.333. The Morgan fingerprint density at radius 1 is 1.42 bits per heavy atom. The molecule has 0 amide bonds. The monoisotopic (exact) mass is 185 g/mol. The van der Waals surface area contributed by atoms with Gasteiger partial charge < -0.3 is 10.4 Å². The first-order valence-corrected chi connectivity index (χ1v) is 4.18. The van der Waals surface area contributed by atoms with Gasteiger partial charge in [0.2, 0.25) is 0 Å². The summed E-state index contributed by atoms with van der Waals surface area (Å²) >= 11 is 5.76. The molecule has 2 N–H and O–H groups in total. The minimum atomic E-state index is 0.0393. The van der Waals surface area contributed by atoms with Crippen molar-refractivity contribution in [3.05, 3.63) is 34.3 Å². The van der Waals surface area contributed by atoms with Crippen molar-refractivity contribution in [2.45, 2.75) is 13.2 Å². The van der Waals surface area contributed by atoms with Crippen LogP contribution >= 0.6 is 11.6 Å². The molecule has 0 radical (unpaired) electrons. The van der Waals surface area contributed by atoms with E-state index in [1.165, 1.54) is 0 Å². The molecule has 12 heavy (non-hydrogen) atoms. The summed E-state index contributed by atoms with van der Waals surface area (Å²) < 4.78 is 0. The SMILES string of the molecule is CNCc1ccc(Cl)cc1CO. The Bertz CT molecular complexity index is 263. The van der Waals surface area contributed by atoms with Crippen molar-refractivity contribution in [2.24, 2.45) is 0 Å². The highest BCUT2D eigenvalue weighted by Gasteiger charge is 2.00. The van der Waals surface area contributed by atoms with E-state index in [2.05, 4.69) is 5.32 Å². The normalized spacial score (nSPS) is 10.2. The average molecular weight is 186 g/mol. The minimum absolute atomic E-state index is 0.0393. The molecule has 3 heteroatoms. The summed E-state index contributed by atoms with van der Waals surface area (Å²) in [6.07, 6.45) is 0. The van der Waals surface area contributed by atoms with Gasteiger partial charge in [-0.15, -0.1) is 0 Å². The van der Waals surface area contributed by atoms with Crippen molar-refractivity contribution in [3.8, 4) is 0 Å². The molecule has 1 aromatic rings. The second kappa shape index (κ2) is 4.45. The predicted octanol–water partition coefficient (Wildman–Crippen LogP) is 1.55. The predicted molar refractivity (Wildman–Crippen MR) is 50.1 cm³/mol. The van der Waals surface area contributed by atoms with Crippen LogP contribution in [-0.2, 0) is 13.2 Å². The number of hydrogen-bond donors (Lipinski definition) is 2. The Morgan fingerprint density at radius 2 is 2.17 bits per heavy atom. The van der Waals surface area contributed by atoms with Gasteiger partial charge in [0.1, 0.15) is 0 Å². The summed E-state index contributed by atoms with van der Waals surface area (Å²) in [5.74, 6) is 0. The van der Waals surface area contributed by atoms with Gasteiger partial charge in [0.25, 0.3) is 0 Å². The fourth-order valence-corrected chi connectivity index (χ4v) is 1.30. The maximum absolute atomic E-state index is 8.98. The van der Waals surface area contributed by atoms with Crippen molar-refractivity contribution >= 4 is 11.6 Å². The quantitative estimate of drug-likeness (QED) is 0.749. The molecule has 0 aromatic heterocycles. The molecule has 0 aliphatic rings. The maximum atomic E-state index is 8.98. The van der Waals surface area contributed by atoms with Crippen LogP contribution in [0.3, 0.4) is 0 Å². The van der Waals surface area contributed by atoms with Crippen LogP contribution in [0.25, 0.3) is 0 Å². The summed E-state index contributed by atoms with van der Waals surface area (Å²) in [6, 6.07) is 5.53. The standard InChI is InChI=1S/C9H12ClNO/c1-11-5-7-2-3-9(10)4-8(7)6-12/h2-4,11-12H,5-6H2,1H3. The highest BCUT2D eigenvalue weighted by Crippen LogP contribution is 2.15. The molecule has 2 nitrogen and oxygen atoms in total. The van der Waals surface area contributed by atoms with E-state index in [4.69, 9.17) is 16.7 Å². The van der Waals surface area contributed by atoms with Gasteiger partial charge >= 0.3 is 0 Å². The van der Waals surface area contributed by atoms with Crippen LogP contribution in [0, 0.1) is 0 Å². The number of aliphatic hydroxyl groups is 1. The third-order valence-electron chi connectivity index (χ3n) is 1.71. The first-order valence-electron chi connectivity index (χ1n) is 3.80. The first kappa shape index (κ1) is 9.52. The van der Waals surface area contributed by atoms with Crippen LogP contribution in [0.2, 0.25) is 5.02 Å². The number of halogens is 1. The van der Waals surface area contributed by atoms with Crippen LogP contribution in [-0.4, -0.2) is 12.2 Å². The smallest absolute Gasteiger partial charge is 0.0685 e. The Labute approximate surface area is 77.2 Å². The lowest BCUT2D eigenvalue weighted by Crippen LogP contribution is -2.07. The topological polar surface area (TPSA) is 32.3 Å². The molecular weight excluding hydrogens is 174 g/mol. The Kier molecular flexibility index (Phi) is 3.53. The van der Waals surface area contributed by atoms with Crippen LogP contribution in [0.15, 0.2) is 18.2 Å². The van der Waals surface area contributed by atoms with Crippen molar-refractivity contribution in [1.29, 1.82) is 0 Å². The van der Waals surface area contributed by atoms with Gasteiger partial charge in [-0.1, -0.05) is 17.7 Å². The van der Waals surface area contributed by atoms with Gasteiger partial charge in [-0.05, 0) is 30.3 Å². The van der Waals surface area contributed by atoms with Crippen molar-refractivity contribution < 1.29 is 5.11 Å². The lowest BCUT2D eigenvalue weighted by Gasteiger charge is -2.06. The van der Waals surface area contributed by atoms with Crippen LogP contribution in [0.5, 0.6) is 0 Å². The second-order valence-corrected chi connectivity index (χ2v) is 3.04. The number of hydrogen-bond acceptors (Lipinski definition) is 2. The number of nitrogens with one attached hydrogen (secondary N) is 1. The van der Waals surface area contributed by atoms with Crippen molar-refractivity contribution in [2.75, 3.05) is 7.05 Å². The van der Waals surface area contributed by atoms with Gasteiger partial charge in [-0.25, -0.2) is 0 Å². The number of benzene rings is 1. The van der Waals surface area contributed by atoms with Crippen LogP contribution in [0.1, 0.15) is 11.1 Å². The summed E-state index contributed by atoms with van der Waals surface area (Å²) in [6.45, 7) is 0.796. The average Bonchev–Trinajstić information content (AvgIpc) is 2.08. The van der Waals surface area contributed by atoms with Gasteiger partial charge in [0, 0.05) is 11.6 Å². The van der Waals surface area contributed by atoms with E-state index in [1.807, 2.05) is 19.2 Å². The lowest BCUT2D eigenvalue weighted by molar-refractivity contribution is 0.280. The fourth-order valence-electron chi connectivity index (χ4n) is 1.10. The molecular formula is C9H12ClNO. The largest absolute Gasteiger partial charge is 0.392 e. The summed E-state index contributed by atoms with van der Waals surface area (Å²) in [4.78, 5) is 0. The maximum Gasteiger partial charge on any atom is 0.0685 e. The van der Waals surface area contributed by atoms with Crippen molar-refractivity contribution in [1.82, 2.24) is 5.32 Å². The van der Waals surface area contributed by atoms with Gasteiger partial charge in [-0.2, -0.15) is 0 Å². The zero-order valence-corrected chi connectivity index (χ0v) is 7.73. The van der Waals surface area contributed by atoms with Gasteiger partial charge in [0.05, 0.1) is 6.61 Å². The first-order chi connectivity index (χ1) is 5.77. The van der Waals surface area contributed by atoms with E-state index in [1.54, 1.807) is 6.07 Å². The van der Waals surface area contributed by atoms with Gasteiger partial charge in [0.15, 0.2) is 0 Å². The molecule has 1 aromatic carbocycles. The number of rotatable bonds is 3. The van der Waals surface area contributed by atoms with Crippen LogP contribution < -0.4 is 5.32 Å². The molecule has 0 fully saturated rings. The molecule has 0 saturated heterocycles. The third-order valence-corrected chi connectivity index (χ3v) is 1.94. The van der Waals surface area contributed by atoms with E-state index in [0.717, 1.165) is 17.7 Å². The van der Waals surface area contributed by atoms with E-state index < -0.39 is 0 Å². The molecule has 0 bridgehead atoms. The molecule has 0 aliphatic heterocycles. The molecule has 0 heterocycles. The lowest BCUT2D eigenvalue weighted by atomic mass is 10.1. The molecule has 1 rings (SSSR count). The molecule has 0 unspecified atom stereocenters. The Hall–Kier alpha value is -0.570. The third kappa shape index (κ3) is 2.21. The van der Waals surface area contributed by atoms with E-state index in [9.17, 15) is 0 Å². The van der Waals surface area contributed by atoms with E-state index in [0.29, 0.717) is 5.02 Å². The highest BCUT2D eigenvalue weighted by molar-refractivity contribution is 6.30. The summed E-state index contributed by atoms with van der Waals surface area (Å²) in [5, 5.41) is 12.7. The zero-order chi connectivity index (χ0) is 8.97. The molecule has 0 saturated carbocycles. The Balaban J connectivity index is 2.94. The summed E-state index contributed by atoms with van der Waals surface area (Å²) in [5.41, 5.74) is 1.97. The van der Waals surface area contributed by atoms with E-state index in [-0.39, 0.29) is 6.61 Å². The van der Waals surface area contributed by atoms with E-state index >= 15 is 0 Å². The van der Waals surface area contributed by atoms with Crippen molar-refractivity contribution in [3.63, 3.8) is 0 Å². The van der Waals surface area contributed by atoms with Gasteiger partial charge in [-0.3, -0.25) is 0 Å². The Morgan fingerprint density at radius 3 is 2.75 bits per heavy atom. The van der Waals surface area contributed by atoms with Crippen LogP contribution in [0.4, 0.5) is 0 Å². The molecule has 0 atom stereocenters. The molecule has 0 aliphatic carbocycles. The molecule has 0 spiro atoms.